The third-order valence-electron chi connectivity index (χ3n) is 6.74. The predicted octanol–water partition coefficient (Wildman–Crippen LogP) is 3.66. The lowest BCUT2D eigenvalue weighted by atomic mass is 9.90. The number of amides is 1. The predicted molar refractivity (Wildman–Crippen MR) is 131 cm³/mol. The maximum Gasteiger partial charge on any atom is 0.255 e. The average Bonchev–Trinajstić information content (AvgIpc) is 3.52. The third kappa shape index (κ3) is 4.88. The fourth-order valence-corrected chi connectivity index (χ4v) is 4.70. The molecule has 184 valence electrons. The van der Waals surface area contributed by atoms with Crippen molar-refractivity contribution in [2.24, 2.45) is 5.92 Å². The molecule has 3 aliphatic rings. The number of hydrogen-bond donors (Lipinski definition) is 4. The van der Waals surface area contributed by atoms with Crippen LogP contribution < -0.4 is 25.4 Å². The van der Waals surface area contributed by atoms with Crippen LogP contribution in [0.1, 0.15) is 55.5 Å². The number of piperidine rings is 1. The van der Waals surface area contributed by atoms with E-state index in [1.54, 1.807) is 6.07 Å². The van der Waals surface area contributed by atoms with E-state index < -0.39 is 5.82 Å². The van der Waals surface area contributed by atoms with E-state index in [1.165, 1.54) is 13.2 Å². The first-order valence-electron chi connectivity index (χ1n) is 11.7. The van der Waals surface area contributed by atoms with Crippen molar-refractivity contribution in [1.29, 1.82) is 0 Å². The lowest BCUT2D eigenvalue weighted by molar-refractivity contribution is -0.116. The summed E-state index contributed by atoms with van der Waals surface area (Å²) in [7, 11) is 1.46. The maximum atomic E-state index is 14.5. The third-order valence-corrected chi connectivity index (χ3v) is 6.74. The van der Waals surface area contributed by atoms with E-state index in [-0.39, 0.29) is 36.1 Å². The molecule has 2 fully saturated rings. The highest BCUT2D eigenvalue weighted by atomic mass is 35.5. The molecule has 0 spiro atoms. The van der Waals surface area contributed by atoms with Gasteiger partial charge in [-0.15, -0.1) is 12.4 Å². The van der Waals surface area contributed by atoms with Crippen LogP contribution in [0.15, 0.2) is 30.1 Å². The minimum atomic E-state index is -0.452. The Morgan fingerprint density at radius 2 is 1.91 bits per heavy atom. The minimum Gasteiger partial charge on any atom is -0.494 e. The van der Waals surface area contributed by atoms with E-state index in [0.29, 0.717) is 23.8 Å². The molecule has 2 aliphatic heterocycles. The fraction of sp³-hybridized carbons (Fsp3) is 0.480. The van der Waals surface area contributed by atoms with Gasteiger partial charge in [0.15, 0.2) is 11.6 Å². The van der Waals surface area contributed by atoms with E-state index in [4.69, 9.17) is 9.47 Å². The monoisotopic (exact) mass is 490 g/mol. The molecule has 9 heteroatoms. The summed E-state index contributed by atoms with van der Waals surface area (Å²) >= 11 is 0. The lowest BCUT2D eigenvalue weighted by Crippen LogP contribution is -2.44. The largest absolute Gasteiger partial charge is 0.494 e. The first kappa shape index (κ1) is 24.4. The molecule has 1 saturated carbocycles. The number of aromatic amines is 1. The van der Waals surface area contributed by atoms with Crippen LogP contribution in [-0.4, -0.2) is 43.7 Å². The second kappa shape index (κ2) is 10.3. The van der Waals surface area contributed by atoms with Crippen molar-refractivity contribution in [1.82, 2.24) is 20.9 Å². The number of methoxy groups -OCH3 is 1. The van der Waals surface area contributed by atoms with Gasteiger partial charge in [-0.05, 0) is 63.7 Å². The Hall–Kier alpha value is -2.71. The number of fused-ring (bicyclic) bond motifs is 1. The van der Waals surface area contributed by atoms with Gasteiger partial charge in [-0.1, -0.05) is 0 Å². The highest BCUT2D eigenvalue weighted by Crippen LogP contribution is 2.41. The van der Waals surface area contributed by atoms with Crippen molar-refractivity contribution in [3.8, 4) is 11.5 Å². The molecule has 4 N–H and O–H groups in total. The first-order valence-corrected chi connectivity index (χ1v) is 11.7. The van der Waals surface area contributed by atoms with Crippen LogP contribution in [0.2, 0.25) is 0 Å². The van der Waals surface area contributed by atoms with Gasteiger partial charge in [-0.2, -0.15) is 0 Å². The molecule has 1 aromatic carbocycles. The Bertz CT molecular complexity index is 1080. The maximum absolute atomic E-state index is 14.5. The van der Waals surface area contributed by atoms with Crippen LogP contribution in [0.3, 0.4) is 0 Å². The molecule has 1 atom stereocenters. The van der Waals surface area contributed by atoms with E-state index in [2.05, 4.69) is 20.9 Å². The Labute approximate surface area is 205 Å². The van der Waals surface area contributed by atoms with Crippen molar-refractivity contribution >= 4 is 23.9 Å². The van der Waals surface area contributed by atoms with Gasteiger partial charge < -0.3 is 30.4 Å². The van der Waals surface area contributed by atoms with Gasteiger partial charge in [-0.25, -0.2) is 4.39 Å². The standard InChI is InChI=1S/C25H31FN4O3.ClH/c1-14-22(25(31)30-16-5-8-27-9-6-16)24-17(7-10-28-24)23(29-14)18-11-21(32-2)19(26)12-20(18)33-13-15-3-4-15;/h7,10-12,15-16,23,27-29H,3-6,8-9,13H2,1-2H3,(H,30,31);1H. The molecule has 0 radical (unpaired) electrons. The van der Waals surface area contributed by atoms with Crippen molar-refractivity contribution in [2.75, 3.05) is 26.8 Å². The van der Waals surface area contributed by atoms with Crippen LogP contribution in [0, 0.1) is 11.7 Å². The minimum absolute atomic E-state index is 0. The molecule has 1 aliphatic carbocycles. The quantitative estimate of drug-likeness (QED) is 0.476. The molecule has 0 bridgehead atoms. The summed E-state index contributed by atoms with van der Waals surface area (Å²) in [5, 5.41) is 10.00. The van der Waals surface area contributed by atoms with Gasteiger partial charge in [0.2, 0.25) is 0 Å². The van der Waals surface area contributed by atoms with Gasteiger partial charge >= 0.3 is 0 Å². The highest BCUT2D eigenvalue weighted by molar-refractivity contribution is 6.20. The van der Waals surface area contributed by atoms with Crippen LogP contribution in [0.5, 0.6) is 11.5 Å². The number of halogens is 2. The molecule has 2 aromatic rings. The molecule has 7 nitrogen and oxygen atoms in total. The Kier molecular flexibility index (Phi) is 7.38. The van der Waals surface area contributed by atoms with E-state index in [9.17, 15) is 9.18 Å². The zero-order valence-corrected chi connectivity index (χ0v) is 20.3. The second-order valence-electron chi connectivity index (χ2n) is 9.16. The molecule has 1 saturated heterocycles. The molecular weight excluding hydrogens is 459 g/mol. The van der Waals surface area contributed by atoms with Crippen molar-refractivity contribution in [3.63, 3.8) is 0 Å². The summed E-state index contributed by atoms with van der Waals surface area (Å²) in [5.74, 6) is 0.665. The molecule has 3 heterocycles. The van der Waals surface area contributed by atoms with Crippen molar-refractivity contribution in [2.45, 2.75) is 44.7 Å². The Morgan fingerprint density at radius 1 is 1.15 bits per heavy atom. The topological polar surface area (TPSA) is 87.4 Å². The fourth-order valence-electron chi connectivity index (χ4n) is 4.70. The number of benzene rings is 1. The van der Waals surface area contributed by atoms with E-state index in [0.717, 1.165) is 61.3 Å². The van der Waals surface area contributed by atoms with Crippen LogP contribution in [-0.2, 0) is 4.79 Å². The molecule has 1 amide bonds. The molecular formula is C25H32ClFN4O3. The summed E-state index contributed by atoms with van der Waals surface area (Å²) in [6, 6.07) is 4.92. The van der Waals surface area contributed by atoms with Gasteiger partial charge in [0.05, 0.1) is 31.0 Å². The number of hydrogen-bond acceptors (Lipinski definition) is 5. The van der Waals surface area contributed by atoms with Crippen LogP contribution in [0.25, 0.3) is 5.57 Å². The summed E-state index contributed by atoms with van der Waals surface area (Å²) < 4.78 is 25.9. The zero-order chi connectivity index (χ0) is 22.9. The number of ether oxygens (including phenoxy) is 2. The molecule has 34 heavy (non-hydrogen) atoms. The number of rotatable bonds is 7. The molecule has 1 aromatic heterocycles. The van der Waals surface area contributed by atoms with Gasteiger partial charge in [0.1, 0.15) is 5.75 Å². The highest BCUT2D eigenvalue weighted by Gasteiger charge is 2.33. The zero-order valence-electron chi connectivity index (χ0n) is 19.5. The second-order valence-corrected chi connectivity index (χ2v) is 9.16. The number of nitrogens with one attached hydrogen (secondary N) is 4. The van der Waals surface area contributed by atoms with Gasteiger partial charge in [0.25, 0.3) is 5.91 Å². The lowest BCUT2D eigenvalue weighted by Gasteiger charge is -2.31. The van der Waals surface area contributed by atoms with Crippen LogP contribution >= 0.6 is 12.4 Å². The summed E-state index contributed by atoms with van der Waals surface area (Å²) in [6.45, 7) is 4.30. The van der Waals surface area contributed by atoms with Crippen molar-refractivity contribution < 1.29 is 18.7 Å². The normalized spacial score (nSPS) is 20.1. The molecule has 5 rings (SSSR count). The molecule has 1 unspecified atom stereocenters. The Morgan fingerprint density at radius 3 is 2.62 bits per heavy atom. The number of carbonyl (C=O) groups is 1. The summed E-state index contributed by atoms with van der Waals surface area (Å²) in [5.41, 5.74) is 3.85. The average molecular weight is 491 g/mol. The summed E-state index contributed by atoms with van der Waals surface area (Å²) in [6.07, 6.45) is 5.97. The smallest absolute Gasteiger partial charge is 0.255 e. The Balaban J connectivity index is 0.00000274. The first-order chi connectivity index (χ1) is 16.0. The SMILES string of the molecule is COc1cc(C2NC(C)=C(C(=O)NC3CCNCC3)c3[nH]ccc32)c(OCC2CC2)cc1F.Cl. The number of H-pyrrole nitrogens is 1. The van der Waals surface area contributed by atoms with Gasteiger partial charge in [0, 0.05) is 35.1 Å². The van der Waals surface area contributed by atoms with Crippen LogP contribution in [0.4, 0.5) is 4.39 Å². The van der Waals surface area contributed by atoms with E-state index >= 15 is 0 Å². The van der Waals surface area contributed by atoms with E-state index in [1.807, 2.05) is 19.2 Å². The summed E-state index contributed by atoms with van der Waals surface area (Å²) in [4.78, 5) is 16.5. The van der Waals surface area contributed by atoms with Gasteiger partial charge in [-0.3, -0.25) is 4.79 Å². The number of allylic oxidation sites excluding steroid dienone is 1. The number of aromatic nitrogens is 1. The number of carbonyl (C=O) groups excluding carboxylic acids is 1. The van der Waals surface area contributed by atoms with Crippen molar-refractivity contribution in [3.05, 3.63) is 52.7 Å².